The highest BCUT2D eigenvalue weighted by Gasteiger charge is 2.55. The number of nitrogens with zero attached hydrogens (tertiary/aromatic N) is 3. The Morgan fingerprint density at radius 1 is 1.12 bits per heavy atom. The molecule has 5 rings (SSSR count). The van der Waals surface area contributed by atoms with Crippen LogP contribution in [0.3, 0.4) is 0 Å². The second-order valence-electron chi connectivity index (χ2n) is 8.66. The molecule has 4 heterocycles. The van der Waals surface area contributed by atoms with E-state index in [-0.39, 0.29) is 48.4 Å². The van der Waals surface area contributed by atoms with Crippen molar-refractivity contribution in [1.29, 1.82) is 0 Å². The quantitative estimate of drug-likeness (QED) is 0.601. The van der Waals surface area contributed by atoms with E-state index >= 15 is 0 Å². The summed E-state index contributed by atoms with van der Waals surface area (Å²) in [4.78, 5) is 32.5. The summed E-state index contributed by atoms with van der Waals surface area (Å²) in [6.45, 7) is 1.07. The average Bonchev–Trinajstić information content (AvgIpc) is 3.03. The lowest BCUT2D eigenvalue weighted by atomic mass is 9.86. The van der Waals surface area contributed by atoms with Crippen molar-refractivity contribution in [1.82, 2.24) is 19.8 Å². The van der Waals surface area contributed by atoms with Crippen LogP contribution in [-0.4, -0.2) is 38.1 Å². The number of pyridine rings is 2. The number of hydrogen-bond acceptors (Lipinski definition) is 5. The number of aromatic nitrogens is 2. The molecule has 1 saturated heterocycles. The maximum atomic E-state index is 13.5. The summed E-state index contributed by atoms with van der Waals surface area (Å²) in [5, 5.41) is 13.3. The van der Waals surface area contributed by atoms with E-state index in [9.17, 15) is 19.1 Å². The van der Waals surface area contributed by atoms with Crippen LogP contribution < -0.4 is 10.9 Å². The molecule has 1 fully saturated rings. The SMILES string of the molecule is O=C(NCc1ccc(F)cc1)[C@H]1[C@H](CO)[C@H]2Cn3c(cccc3=O)[C@@H]1N2Cc1cccnc1. The molecular weight excluding hydrogens is 423 g/mol. The summed E-state index contributed by atoms with van der Waals surface area (Å²) in [5.74, 6) is -1.39. The van der Waals surface area contributed by atoms with Crippen molar-refractivity contribution in [3.8, 4) is 0 Å². The standard InChI is InChI=1S/C25H25FN4O3/c26-18-8-6-16(7-9-18)12-28-25(33)23-19(15-31)21-14-29-20(4-1-5-22(29)32)24(23)30(21)13-17-3-2-10-27-11-17/h1-11,19,21,23-24,31H,12-15H2,(H,28,33)/t19-,21-,23+,24+/m1/s1. The number of fused-ring (bicyclic) bond motifs is 4. The van der Waals surface area contributed by atoms with Gasteiger partial charge in [-0.2, -0.15) is 0 Å². The molecule has 4 atom stereocenters. The van der Waals surface area contributed by atoms with E-state index in [1.54, 1.807) is 35.2 Å². The zero-order valence-corrected chi connectivity index (χ0v) is 18.0. The van der Waals surface area contributed by atoms with Crippen molar-refractivity contribution in [2.24, 2.45) is 11.8 Å². The third-order valence-corrected chi connectivity index (χ3v) is 6.82. The van der Waals surface area contributed by atoms with E-state index in [0.717, 1.165) is 16.8 Å². The van der Waals surface area contributed by atoms with Gasteiger partial charge in [0.15, 0.2) is 0 Å². The normalized spacial score (nSPS) is 23.8. The van der Waals surface area contributed by atoms with E-state index in [0.29, 0.717) is 13.1 Å². The van der Waals surface area contributed by atoms with Crippen molar-refractivity contribution < 1.29 is 14.3 Å². The van der Waals surface area contributed by atoms with Crippen molar-refractivity contribution in [3.05, 3.63) is 100.0 Å². The highest BCUT2D eigenvalue weighted by Crippen LogP contribution is 2.48. The average molecular weight is 448 g/mol. The lowest BCUT2D eigenvalue weighted by Crippen LogP contribution is -2.45. The highest BCUT2D eigenvalue weighted by atomic mass is 19.1. The van der Waals surface area contributed by atoms with Crippen LogP contribution in [0.5, 0.6) is 0 Å². The molecule has 0 radical (unpaired) electrons. The molecule has 2 bridgehead atoms. The molecule has 1 amide bonds. The zero-order valence-electron chi connectivity index (χ0n) is 18.0. The first-order chi connectivity index (χ1) is 16.1. The summed E-state index contributed by atoms with van der Waals surface area (Å²) in [5.41, 5.74) is 2.46. The van der Waals surface area contributed by atoms with Gasteiger partial charge in [-0.3, -0.25) is 19.5 Å². The molecule has 7 nitrogen and oxygen atoms in total. The number of rotatable bonds is 6. The molecule has 8 heteroatoms. The van der Waals surface area contributed by atoms with Gasteiger partial charge in [-0.05, 0) is 35.4 Å². The topological polar surface area (TPSA) is 87.5 Å². The minimum absolute atomic E-state index is 0.104. The van der Waals surface area contributed by atoms with Crippen LogP contribution in [0.25, 0.3) is 0 Å². The van der Waals surface area contributed by atoms with Crippen LogP contribution >= 0.6 is 0 Å². The number of amides is 1. The van der Waals surface area contributed by atoms with Gasteiger partial charge in [-0.1, -0.05) is 24.3 Å². The van der Waals surface area contributed by atoms with Gasteiger partial charge < -0.3 is 15.0 Å². The second-order valence-corrected chi connectivity index (χ2v) is 8.66. The maximum Gasteiger partial charge on any atom is 0.250 e. The molecule has 0 unspecified atom stereocenters. The third-order valence-electron chi connectivity index (χ3n) is 6.82. The van der Waals surface area contributed by atoms with Gasteiger partial charge in [0.1, 0.15) is 5.82 Å². The number of halogens is 1. The summed E-state index contributed by atoms with van der Waals surface area (Å²) < 4.78 is 14.9. The fourth-order valence-electron chi connectivity index (χ4n) is 5.30. The van der Waals surface area contributed by atoms with Crippen molar-refractivity contribution >= 4 is 5.91 Å². The van der Waals surface area contributed by atoms with Crippen LogP contribution in [0, 0.1) is 17.7 Å². The smallest absolute Gasteiger partial charge is 0.250 e. The van der Waals surface area contributed by atoms with E-state index < -0.39 is 5.92 Å². The van der Waals surface area contributed by atoms with E-state index in [4.69, 9.17) is 0 Å². The second kappa shape index (κ2) is 8.88. The molecule has 1 aromatic carbocycles. The van der Waals surface area contributed by atoms with E-state index in [1.165, 1.54) is 18.2 Å². The Morgan fingerprint density at radius 3 is 2.67 bits per heavy atom. The molecular formula is C25H25FN4O3. The molecule has 2 aliphatic rings. The number of carbonyl (C=O) groups is 1. The number of aliphatic hydroxyl groups is 1. The highest BCUT2D eigenvalue weighted by molar-refractivity contribution is 5.80. The monoisotopic (exact) mass is 448 g/mol. The minimum Gasteiger partial charge on any atom is -0.396 e. The van der Waals surface area contributed by atoms with Crippen molar-refractivity contribution in [2.75, 3.05) is 6.61 Å². The molecule has 3 aromatic rings. The molecule has 170 valence electrons. The molecule has 2 aromatic heterocycles. The van der Waals surface area contributed by atoms with Gasteiger partial charge in [0.05, 0.1) is 12.0 Å². The Morgan fingerprint density at radius 2 is 1.94 bits per heavy atom. The summed E-state index contributed by atoms with van der Waals surface area (Å²) in [6, 6.07) is 14.4. The largest absolute Gasteiger partial charge is 0.396 e. The first-order valence-corrected chi connectivity index (χ1v) is 11.0. The summed E-state index contributed by atoms with van der Waals surface area (Å²) >= 11 is 0. The fraction of sp³-hybridized carbons (Fsp3) is 0.320. The Balaban J connectivity index is 1.48. The summed E-state index contributed by atoms with van der Waals surface area (Å²) in [7, 11) is 0. The van der Waals surface area contributed by atoms with Gasteiger partial charge in [-0.15, -0.1) is 0 Å². The van der Waals surface area contributed by atoms with E-state index in [1.807, 2.05) is 18.2 Å². The predicted molar refractivity (Wildman–Crippen MR) is 119 cm³/mol. The predicted octanol–water partition coefficient (Wildman–Crippen LogP) is 1.86. The van der Waals surface area contributed by atoms with Crippen molar-refractivity contribution in [2.45, 2.75) is 31.7 Å². The van der Waals surface area contributed by atoms with Gasteiger partial charge in [-0.25, -0.2) is 4.39 Å². The van der Waals surface area contributed by atoms with Crippen LogP contribution in [-0.2, 0) is 24.4 Å². The van der Waals surface area contributed by atoms with Gasteiger partial charge in [0.2, 0.25) is 5.91 Å². The maximum absolute atomic E-state index is 13.5. The molecule has 0 saturated carbocycles. The Kier molecular flexibility index (Phi) is 5.78. The van der Waals surface area contributed by atoms with Crippen LogP contribution in [0.15, 0.2) is 71.8 Å². The van der Waals surface area contributed by atoms with Crippen LogP contribution in [0.1, 0.15) is 22.9 Å². The Bertz CT molecular complexity index is 1200. The lowest BCUT2D eigenvalue weighted by Gasteiger charge is -2.38. The van der Waals surface area contributed by atoms with Crippen LogP contribution in [0.4, 0.5) is 4.39 Å². The Hall–Kier alpha value is -3.36. The fourth-order valence-corrected chi connectivity index (χ4v) is 5.30. The van der Waals surface area contributed by atoms with Gasteiger partial charge in [0, 0.05) is 62.4 Å². The molecule has 2 aliphatic heterocycles. The molecule has 0 aliphatic carbocycles. The molecule has 0 spiro atoms. The number of aliphatic hydroxyl groups excluding tert-OH is 1. The number of nitrogens with one attached hydrogen (secondary N) is 1. The van der Waals surface area contributed by atoms with Gasteiger partial charge >= 0.3 is 0 Å². The molecule has 2 N–H and O–H groups in total. The number of benzene rings is 1. The minimum atomic E-state index is -0.535. The van der Waals surface area contributed by atoms with Crippen LogP contribution in [0.2, 0.25) is 0 Å². The van der Waals surface area contributed by atoms with Gasteiger partial charge in [0.25, 0.3) is 5.56 Å². The zero-order chi connectivity index (χ0) is 22.9. The third kappa shape index (κ3) is 3.96. The first-order valence-electron chi connectivity index (χ1n) is 11.0. The summed E-state index contributed by atoms with van der Waals surface area (Å²) in [6.07, 6.45) is 3.51. The van der Waals surface area contributed by atoms with Crippen molar-refractivity contribution in [3.63, 3.8) is 0 Å². The molecule has 33 heavy (non-hydrogen) atoms. The Labute approximate surface area is 190 Å². The first kappa shape index (κ1) is 21.5. The number of carbonyl (C=O) groups excluding carboxylic acids is 1. The lowest BCUT2D eigenvalue weighted by molar-refractivity contribution is -0.127. The van der Waals surface area contributed by atoms with E-state index in [2.05, 4.69) is 15.2 Å². The number of hydrogen-bond donors (Lipinski definition) is 2.